The molecule has 1 aromatic rings. The second kappa shape index (κ2) is 4.56. The van der Waals surface area contributed by atoms with E-state index in [-0.39, 0.29) is 5.54 Å². The second-order valence-corrected chi connectivity index (χ2v) is 4.77. The van der Waals surface area contributed by atoms with Gasteiger partial charge in [-0.2, -0.15) is 0 Å². The summed E-state index contributed by atoms with van der Waals surface area (Å²) in [4.78, 5) is 13.0. The van der Waals surface area contributed by atoms with Gasteiger partial charge in [0.1, 0.15) is 0 Å². The number of anilines is 1. The fourth-order valence-corrected chi connectivity index (χ4v) is 1.83. The smallest absolute Gasteiger partial charge is 0.335 e. The summed E-state index contributed by atoms with van der Waals surface area (Å²) in [7, 11) is 0. The first-order valence-corrected chi connectivity index (χ1v) is 5.47. The van der Waals surface area contributed by atoms with E-state index in [1.807, 2.05) is 12.1 Å². The number of carbonyl (C=O) groups is 1. The summed E-state index contributed by atoms with van der Waals surface area (Å²) in [6, 6.07) is 7.01. The zero-order chi connectivity index (χ0) is 12.3. The Hall–Kier alpha value is -1.51. The molecule has 3 nitrogen and oxygen atoms in total. The zero-order valence-electron chi connectivity index (χ0n) is 10.3. The molecule has 16 heavy (non-hydrogen) atoms. The molecular formula is C13H19NO2. The average molecular weight is 221 g/mol. The lowest BCUT2D eigenvalue weighted by Gasteiger charge is -2.37. The number of nitrogens with zero attached hydrogens (tertiary/aromatic N) is 1. The molecule has 0 atom stereocenters. The number of rotatable bonds is 3. The van der Waals surface area contributed by atoms with Crippen molar-refractivity contribution in [3.8, 4) is 0 Å². The summed E-state index contributed by atoms with van der Waals surface area (Å²) in [6.45, 7) is 9.41. The maximum atomic E-state index is 10.7. The van der Waals surface area contributed by atoms with Crippen LogP contribution in [-0.2, 0) is 0 Å². The molecule has 0 aliphatic carbocycles. The van der Waals surface area contributed by atoms with Gasteiger partial charge < -0.3 is 10.0 Å². The van der Waals surface area contributed by atoms with Crippen LogP contribution in [0.5, 0.6) is 0 Å². The third-order valence-corrected chi connectivity index (χ3v) is 2.55. The predicted molar refractivity (Wildman–Crippen MR) is 66.2 cm³/mol. The summed E-state index contributed by atoms with van der Waals surface area (Å²) in [5.41, 5.74) is 1.42. The first-order chi connectivity index (χ1) is 7.36. The number of aromatic carboxylic acids is 1. The van der Waals surface area contributed by atoms with Crippen LogP contribution < -0.4 is 4.90 Å². The molecule has 88 valence electrons. The van der Waals surface area contributed by atoms with Crippen LogP contribution in [0.25, 0.3) is 0 Å². The highest BCUT2D eigenvalue weighted by molar-refractivity contribution is 5.88. The van der Waals surface area contributed by atoms with Gasteiger partial charge in [0.25, 0.3) is 0 Å². The fraction of sp³-hybridized carbons (Fsp3) is 0.462. The van der Waals surface area contributed by atoms with E-state index < -0.39 is 5.97 Å². The van der Waals surface area contributed by atoms with E-state index in [0.717, 1.165) is 12.2 Å². The molecule has 1 aromatic carbocycles. The van der Waals surface area contributed by atoms with Gasteiger partial charge in [0, 0.05) is 17.8 Å². The molecule has 0 radical (unpaired) electrons. The molecule has 0 spiro atoms. The monoisotopic (exact) mass is 221 g/mol. The van der Waals surface area contributed by atoms with Gasteiger partial charge in [0.05, 0.1) is 5.56 Å². The summed E-state index contributed by atoms with van der Waals surface area (Å²) >= 11 is 0. The predicted octanol–water partition coefficient (Wildman–Crippen LogP) is 3.01. The van der Waals surface area contributed by atoms with Crippen LogP contribution >= 0.6 is 0 Å². The largest absolute Gasteiger partial charge is 0.478 e. The molecule has 0 unspecified atom stereocenters. The quantitative estimate of drug-likeness (QED) is 0.853. The molecule has 0 fully saturated rings. The van der Waals surface area contributed by atoms with Gasteiger partial charge >= 0.3 is 5.97 Å². The second-order valence-electron chi connectivity index (χ2n) is 4.77. The molecule has 0 aromatic heterocycles. The lowest BCUT2D eigenvalue weighted by Crippen LogP contribution is -2.41. The third kappa shape index (κ3) is 2.75. The Morgan fingerprint density at radius 3 is 2.06 bits per heavy atom. The lowest BCUT2D eigenvalue weighted by molar-refractivity contribution is 0.0697. The first kappa shape index (κ1) is 12.6. The van der Waals surface area contributed by atoms with Crippen molar-refractivity contribution in [1.29, 1.82) is 0 Å². The molecule has 3 heteroatoms. The molecule has 0 saturated carbocycles. The van der Waals surface area contributed by atoms with E-state index in [1.54, 1.807) is 12.1 Å². The molecule has 1 rings (SSSR count). The highest BCUT2D eigenvalue weighted by Crippen LogP contribution is 2.23. The van der Waals surface area contributed by atoms with Gasteiger partial charge in [0.2, 0.25) is 0 Å². The van der Waals surface area contributed by atoms with Crippen molar-refractivity contribution < 1.29 is 9.90 Å². The minimum absolute atomic E-state index is 0.0412. The van der Waals surface area contributed by atoms with Crippen molar-refractivity contribution >= 4 is 11.7 Å². The van der Waals surface area contributed by atoms with Crippen molar-refractivity contribution in [3.05, 3.63) is 29.8 Å². The molecule has 0 saturated heterocycles. The number of hydrogen-bond acceptors (Lipinski definition) is 2. The molecule has 0 aliphatic rings. The Kier molecular flexibility index (Phi) is 3.58. The molecule has 0 bridgehead atoms. The Morgan fingerprint density at radius 1 is 1.25 bits per heavy atom. The van der Waals surface area contributed by atoms with Crippen LogP contribution in [0.4, 0.5) is 5.69 Å². The molecule has 0 heterocycles. The minimum Gasteiger partial charge on any atom is -0.478 e. The molecule has 1 N–H and O–H groups in total. The normalized spacial score (nSPS) is 11.2. The zero-order valence-corrected chi connectivity index (χ0v) is 10.3. The SMILES string of the molecule is CCN(c1ccc(C(=O)O)cc1)C(C)(C)C. The van der Waals surface area contributed by atoms with E-state index >= 15 is 0 Å². The molecular weight excluding hydrogens is 202 g/mol. The van der Waals surface area contributed by atoms with Crippen LogP contribution in [0.15, 0.2) is 24.3 Å². The van der Waals surface area contributed by atoms with Gasteiger partial charge in [-0.15, -0.1) is 0 Å². The van der Waals surface area contributed by atoms with Crippen molar-refractivity contribution in [3.63, 3.8) is 0 Å². The van der Waals surface area contributed by atoms with Crippen molar-refractivity contribution in [1.82, 2.24) is 0 Å². The van der Waals surface area contributed by atoms with E-state index in [0.29, 0.717) is 5.56 Å². The Bertz CT molecular complexity index is 363. The van der Waals surface area contributed by atoms with Crippen LogP contribution in [0, 0.1) is 0 Å². The summed E-state index contributed by atoms with van der Waals surface area (Å²) in [5, 5.41) is 8.82. The summed E-state index contributed by atoms with van der Waals surface area (Å²) in [5.74, 6) is -0.884. The minimum atomic E-state index is -0.884. The highest BCUT2D eigenvalue weighted by atomic mass is 16.4. The topological polar surface area (TPSA) is 40.5 Å². The standard InChI is InChI=1S/C13H19NO2/c1-5-14(13(2,3)4)11-8-6-10(7-9-11)12(15)16/h6-9H,5H2,1-4H3,(H,15,16). The molecule has 0 aliphatic heterocycles. The number of carboxylic acids is 1. The van der Waals surface area contributed by atoms with Crippen molar-refractivity contribution in [2.24, 2.45) is 0 Å². The maximum Gasteiger partial charge on any atom is 0.335 e. The highest BCUT2D eigenvalue weighted by Gasteiger charge is 2.19. The van der Waals surface area contributed by atoms with E-state index in [1.165, 1.54) is 0 Å². The average Bonchev–Trinajstić information content (AvgIpc) is 2.17. The van der Waals surface area contributed by atoms with Crippen molar-refractivity contribution in [2.75, 3.05) is 11.4 Å². The van der Waals surface area contributed by atoms with E-state index in [2.05, 4.69) is 32.6 Å². The summed E-state index contributed by atoms with van der Waals surface area (Å²) < 4.78 is 0. The van der Waals surface area contributed by atoms with Gasteiger partial charge in [-0.1, -0.05) is 0 Å². The first-order valence-electron chi connectivity index (χ1n) is 5.47. The van der Waals surface area contributed by atoms with Gasteiger partial charge in [-0.25, -0.2) is 4.79 Å². The molecule has 0 amide bonds. The lowest BCUT2D eigenvalue weighted by atomic mass is 10.0. The van der Waals surface area contributed by atoms with Crippen LogP contribution in [-0.4, -0.2) is 23.2 Å². The fourth-order valence-electron chi connectivity index (χ4n) is 1.83. The Morgan fingerprint density at radius 2 is 1.75 bits per heavy atom. The van der Waals surface area contributed by atoms with Gasteiger partial charge in [-0.3, -0.25) is 0 Å². The number of carboxylic acid groups (broad SMARTS) is 1. The number of benzene rings is 1. The van der Waals surface area contributed by atoms with E-state index in [4.69, 9.17) is 5.11 Å². The Balaban J connectivity index is 3.00. The van der Waals surface area contributed by atoms with Crippen LogP contribution in [0.3, 0.4) is 0 Å². The van der Waals surface area contributed by atoms with Gasteiger partial charge in [0.15, 0.2) is 0 Å². The van der Waals surface area contributed by atoms with E-state index in [9.17, 15) is 4.79 Å². The van der Waals surface area contributed by atoms with Gasteiger partial charge in [-0.05, 0) is 52.0 Å². The summed E-state index contributed by atoms with van der Waals surface area (Å²) in [6.07, 6.45) is 0. The Labute approximate surface area is 96.7 Å². The third-order valence-electron chi connectivity index (χ3n) is 2.55. The van der Waals surface area contributed by atoms with Crippen LogP contribution in [0.2, 0.25) is 0 Å². The van der Waals surface area contributed by atoms with Crippen LogP contribution in [0.1, 0.15) is 38.1 Å². The van der Waals surface area contributed by atoms with Crippen molar-refractivity contribution in [2.45, 2.75) is 33.2 Å². The maximum absolute atomic E-state index is 10.7. The number of hydrogen-bond donors (Lipinski definition) is 1.